The molecule has 0 amide bonds. The SMILES string of the molecule is CCC(C)CCOC(=O)c1snnc1-c1cnc(SC)nc1. The van der Waals surface area contributed by atoms with Crippen molar-refractivity contribution in [2.45, 2.75) is 31.8 Å². The van der Waals surface area contributed by atoms with Crippen LogP contribution in [0.1, 0.15) is 36.4 Å². The third-order valence-corrected chi connectivity index (χ3v) is 4.58. The Labute approximate surface area is 137 Å². The summed E-state index contributed by atoms with van der Waals surface area (Å²) >= 11 is 2.48. The van der Waals surface area contributed by atoms with Crippen LogP contribution < -0.4 is 0 Å². The van der Waals surface area contributed by atoms with Gasteiger partial charge in [0.25, 0.3) is 0 Å². The molecule has 0 aliphatic rings. The van der Waals surface area contributed by atoms with Crippen LogP contribution in [0.15, 0.2) is 17.6 Å². The fraction of sp³-hybridized carbons (Fsp3) is 0.500. The molecule has 0 radical (unpaired) electrons. The minimum Gasteiger partial charge on any atom is -0.461 e. The van der Waals surface area contributed by atoms with Gasteiger partial charge < -0.3 is 4.74 Å². The van der Waals surface area contributed by atoms with Crippen LogP contribution in [0.5, 0.6) is 0 Å². The van der Waals surface area contributed by atoms with Crippen LogP contribution in [0.4, 0.5) is 0 Å². The summed E-state index contributed by atoms with van der Waals surface area (Å²) in [6, 6.07) is 0. The van der Waals surface area contributed by atoms with Gasteiger partial charge in [-0.05, 0) is 30.1 Å². The number of aromatic nitrogens is 4. The maximum Gasteiger partial charge on any atom is 0.352 e. The molecule has 6 nitrogen and oxygen atoms in total. The summed E-state index contributed by atoms with van der Waals surface area (Å²) in [5.41, 5.74) is 1.15. The number of hydrogen-bond acceptors (Lipinski definition) is 8. The van der Waals surface area contributed by atoms with Gasteiger partial charge in [-0.1, -0.05) is 36.5 Å². The maximum absolute atomic E-state index is 12.2. The van der Waals surface area contributed by atoms with Crippen molar-refractivity contribution < 1.29 is 9.53 Å². The summed E-state index contributed by atoms with van der Waals surface area (Å²) in [4.78, 5) is 20.9. The van der Waals surface area contributed by atoms with Gasteiger partial charge in [-0.2, -0.15) is 0 Å². The monoisotopic (exact) mass is 338 g/mol. The molecule has 22 heavy (non-hydrogen) atoms. The second-order valence-electron chi connectivity index (χ2n) is 4.85. The first-order chi connectivity index (χ1) is 10.7. The van der Waals surface area contributed by atoms with E-state index in [0.29, 0.717) is 33.8 Å². The number of rotatable bonds is 7. The molecule has 0 spiro atoms. The summed E-state index contributed by atoms with van der Waals surface area (Å²) in [6.45, 7) is 4.67. The second-order valence-corrected chi connectivity index (χ2v) is 6.37. The number of hydrogen-bond donors (Lipinski definition) is 0. The van der Waals surface area contributed by atoms with E-state index < -0.39 is 0 Å². The van der Waals surface area contributed by atoms with Gasteiger partial charge in [-0.25, -0.2) is 14.8 Å². The van der Waals surface area contributed by atoms with Crippen molar-refractivity contribution in [1.82, 2.24) is 19.6 Å². The molecule has 2 heterocycles. The van der Waals surface area contributed by atoms with Crippen LogP contribution in [0.3, 0.4) is 0 Å². The Morgan fingerprint density at radius 2 is 2.14 bits per heavy atom. The average Bonchev–Trinajstić information content (AvgIpc) is 3.04. The highest BCUT2D eigenvalue weighted by Gasteiger charge is 2.20. The number of thioether (sulfide) groups is 1. The van der Waals surface area contributed by atoms with E-state index in [1.165, 1.54) is 11.8 Å². The molecule has 0 saturated heterocycles. The number of esters is 1. The Balaban J connectivity index is 2.06. The lowest BCUT2D eigenvalue weighted by molar-refractivity contribution is 0.0491. The van der Waals surface area contributed by atoms with E-state index in [-0.39, 0.29) is 5.97 Å². The summed E-state index contributed by atoms with van der Waals surface area (Å²) in [7, 11) is 0. The van der Waals surface area contributed by atoms with E-state index in [9.17, 15) is 4.79 Å². The zero-order valence-electron chi connectivity index (χ0n) is 12.8. The zero-order chi connectivity index (χ0) is 15.9. The van der Waals surface area contributed by atoms with Crippen molar-refractivity contribution in [2.24, 2.45) is 5.92 Å². The standard InChI is InChI=1S/C14H18N4O2S2/c1-4-9(2)5-6-20-13(19)12-11(17-18-22-12)10-7-15-14(21-3)16-8-10/h7-9H,4-6H2,1-3H3. The molecule has 0 aromatic carbocycles. The van der Waals surface area contributed by atoms with E-state index in [2.05, 4.69) is 33.4 Å². The average molecular weight is 338 g/mol. The van der Waals surface area contributed by atoms with Crippen molar-refractivity contribution in [3.8, 4) is 11.3 Å². The van der Waals surface area contributed by atoms with Crippen molar-refractivity contribution >= 4 is 29.3 Å². The van der Waals surface area contributed by atoms with E-state index in [4.69, 9.17) is 4.74 Å². The summed E-state index contributed by atoms with van der Waals surface area (Å²) in [6.07, 6.45) is 7.12. The maximum atomic E-state index is 12.2. The Morgan fingerprint density at radius 3 is 2.77 bits per heavy atom. The fourth-order valence-electron chi connectivity index (χ4n) is 1.68. The number of nitrogens with zero attached hydrogens (tertiary/aromatic N) is 4. The van der Waals surface area contributed by atoms with E-state index in [1.54, 1.807) is 12.4 Å². The molecule has 1 unspecified atom stereocenters. The number of carbonyl (C=O) groups is 1. The Kier molecular flexibility index (Phi) is 6.26. The van der Waals surface area contributed by atoms with Crippen LogP contribution in [0.25, 0.3) is 11.3 Å². The van der Waals surface area contributed by atoms with Gasteiger partial charge in [0.1, 0.15) is 5.69 Å². The molecule has 1 atom stereocenters. The van der Waals surface area contributed by atoms with Crippen molar-refractivity contribution in [2.75, 3.05) is 12.9 Å². The fourth-order valence-corrected chi connectivity index (χ4v) is 2.58. The van der Waals surface area contributed by atoms with Gasteiger partial charge in [0.15, 0.2) is 10.0 Å². The van der Waals surface area contributed by atoms with E-state index in [0.717, 1.165) is 24.4 Å². The summed E-state index contributed by atoms with van der Waals surface area (Å²) < 4.78 is 9.16. The highest BCUT2D eigenvalue weighted by molar-refractivity contribution is 7.98. The predicted octanol–water partition coefficient (Wildman–Crippen LogP) is 3.31. The molecular weight excluding hydrogens is 320 g/mol. The summed E-state index contributed by atoms with van der Waals surface area (Å²) in [5.74, 6) is 0.154. The topological polar surface area (TPSA) is 77.9 Å². The first-order valence-corrected chi connectivity index (χ1v) is 9.01. The number of ether oxygens (including phenoxy) is 1. The van der Waals surface area contributed by atoms with E-state index in [1.807, 2.05) is 6.26 Å². The lowest BCUT2D eigenvalue weighted by atomic mass is 10.1. The zero-order valence-corrected chi connectivity index (χ0v) is 14.4. The van der Waals surface area contributed by atoms with Crippen LogP contribution in [-0.2, 0) is 4.74 Å². The lowest BCUT2D eigenvalue weighted by Gasteiger charge is -2.08. The Hall–Kier alpha value is -1.54. The molecule has 0 saturated carbocycles. The molecule has 2 rings (SSSR count). The third kappa shape index (κ3) is 4.23. The van der Waals surface area contributed by atoms with Crippen LogP contribution >= 0.6 is 23.3 Å². The van der Waals surface area contributed by atoms with Crippen LogP contribution in [0, 0.1) is 5.92 Å². The quantitative estimate of drug-likeness (QED) is 0.435. The molecule has 8 heteroatoms. The normalized spacial score (nSPS) is 12.1. The highest BCUT2D eigenvalue weighted by atomic mass is 32.2. The molecule has 2 aromatic heterocycles. The minimum atomic E-state index is -0.387. The molecule has 0 aliphatic carbocycles. The highest BCUT2D eigenvalue weighted by Crippen LogP contribution is 2.24. The van der Waals surface area contributed by atoms with Gasteiger partial charge in [0.2, 0.25) is 0 Å². The molecule has 118 valence electrons. The van der Waals surface area contributed by atoms with Gasteiger partial charge in [0.05, 0.1) is 6.61 Å². The first-order valence-electron chi connectivity index (χ1n) is 7.01. The molecular formula is C14H18N4O2S2. The second kappa shape index (κ2) is 8.19. The van der Waals surface area contributed by atoms with E-state index >= 15 is 0 Å². The molecule has 2 aromatic rings. The van der Waals surface area contributed by atoms with Crippen molar-refractivity contribution in [3.05, 3.63) is 17.3 Å². The lowest BCUT2D eigenvalue weighted by Crippen LogP contribution is -2.08. The van der Waals surface area contributed by atoms with Gasteiger partial charge in [-0.3, -0.25) is 0 Å². The largest absolute Gasteiger partial charge is 0.461 e. The first kappa shape index (κ1) is 16.8. The Bertz CT molecular complexity index is 616. The molecule has 0 N–H and O–H groups in total. The molecule has 0 fully saturated rings. The van der Waals surface area contributed by atoms with Crippen LogP contribution in [0.2, 0.25) is 0 Å². The van der Waals surface area contributed by atoms with Crippen molar-refractivity contribution in [1.29, 1.82) is 0 Å². The van der Waals surface area contributed by atoms with Crippen molar-refractivity contribution in [3.63, 3.8) is 0 Å². The predicted molar refractivity (Wildman–Crippen MR) is 87.1 cm³/mol. The number of carbonyl (C=O) groups excluding carboxylic acids is 1. The van der Waals surface area contributed by atoms with Gasteiger partial charge >= 0.3 is 5.97 Å². The smallest absolute Gasteiger partial charge is 0.352 e. The minimum absolute atomic E-state index is 0.387. The summed E-state index contributed by atoms with van der Waals surface area (Å²) in [5, 5.41) is 4.67. The molecule has 0 aliphatic heterocycles. The molecule has 0 bridgehead atoms. The van der Waals surface area contributed by atoms with Gasteiger partial charge in [0, 0.05) is 18.0 Å². The van der Waals surface area contributed by atoms with Crippen LogP contribution in [-0.4, -0.2) is 38.4 Å². The Morgan fingerprint density at radius 1 is 1.41 bits per heavy atom. The third-order valence-electron chi connectivity index (χ3n) is 3.30. The van der Waals surface area contributed by atoms with Gasteiger partial charge in [-0.15, -0.1) is 5.10 Å².